The summed E-state index contributed by atoms with van der Waals surface area (Å²) in [4.78, 5) is 0. The third-order valence-electron chi connectivity index (χ3n) is 3.87. The highest BCUT2D eigenvalue weighted by molar-refractivity contribution is 7.99. The zero-order valence-corrected chi connectivity index (χ0v) is 14.8. The third kappa shape index (κ3) is 3.97. The predicted octanol–water partition coefficient (Wildman–Crippen LogP) is 4.22. The van der Waals surface area contributed by atoms with Crippen LogP contribution in [0, 0.1) is 0 Å². The van der Waals surface area contributed by atoms with Crippen molar-refractivity contribution in [2.45, 2.75) is 18.0 Å². The topological polar surface area (TPSA) is 39.9 Å². The minimum atomic E-state index is 0.844. The molecule has 2 aromatic carbocycles. The molecule has 4 nitrogen and oxygen atoms in total. The number of benzene rings is 2. The van der Waals surface area contributed by atoms with Crippen LogP contribution in [0.3, 0.4) is 0 Å². The minimum Gasteiger partial charge on any atom is -0.497 e. The normalized spacial score (nSPS) is 10.8. The number of hydrogen-bond acceptors (Lipinski definition) is 4. The molecular formula is C19H21N3OS. The molecule has 0 aliphatic rings. The first-order chi connectivity index (χ1) is 11.8. The second-order valence-corrected chi connectivity index (χ2v) is 6.59. The molecule has 124 valence electrons. The molecule has 0 fully saturated rings. The largest absolute Gasteiger partial charge is 0.497 e. The van der Waals surface area contributed by atoms with Gasteiger partial charge in [-0.15, -0.1) is 10.2 Å². The number of hydrogen-bond donors (Lipinski definition) is 0. The predicted molar refractivity (Wildman–Crippen MR) is 98.5 cm³/mol. The fraction of sp³-hybridized carbons (Fsp3) is 0.263. The SMILES string of the molecule is COc1ccc(-c2nnc(SCCCc3ccccc3)n2C)cc1. The fourth-order valence-corrected chi connectivity index (χ4v) is 3.37. The van der Waals surface area contributed by atoms with Crippen molar-refractivity contribution in [2.75, 3.05) is 12.9 Å². The smallest absolute Gasteiger partial charge is 0.191 e. The summed E-state index contributed by atoms with van der Waals surface area (Å²) < 4.78 is 7.25. The van der Waals surface area contributed by atoms with Crippen molar-refractivity contribution in [3.8, 4) is 17.1 Å². The van der Waals surface area contributed by atoms with Gasteiger partial charge in [-0.3, -0.25) is 0 Å². The molecule has 3 aromatic rings. The summed E-state index contributed by atoms with van der Waals surface area (Å²) in [7, 11) is 3.68. The Morgan fingerprint density at radius 2 is 1.75 bits per heavy atom. The first-order valence-electron chi connectivity index (χ1n) is 7.98. The summed E-state index contributed by atoms with van der Waals surface area (Å²) in [5.41, 5.74) is 2.43. The average Bonchev–Trinajstić information content (AvgIpc) is 3.00. The van der Waals surface area contributed by atoms with Crippen molar-refractivity contribution in [3.05, 3.63) is 60.2 Å². The number of aromatic nitrogens is 3. The van der Waals surface area contributed by atoms with Crippen molar-refractivity contribution < 1.29 is 4.74 Å². The van der Waals surface area contributed by atoms with Crippen molar-refractivity contribution in [1.82, 2.24) is 14.8 Å². The number of aryl methyl sites for hydroxylation is 1. The molecule has 0 unspecified atom stereocenters. The molecule has 0 saturated carbocycles. The van der Waals surface area contributed by atoms with Gasteiger partial charge in [0.05, 0.1) is 7.11 Å². The molecule has 3 rings (SSSR count). The van der Waals surface area contributed by atoms with E-state index in [0.717, 1.165) is 40.9 Å². The van der Waals surface area contributed by atoms with Crippen molar-refractivity contribution in [1.29, 1.82) is 0 Å². The Bertz CT molecular complexity index is 769. The van der Waals surface area contributed by atoms with Crippen LogP contribution < -0.4 is 4.74 Å². The Balaban J connectivity index is 1.58. The molecule has 5 heteroatoms. The summed E-state index contributed by atoms with van der Waals surface area (Å²) in [6.45, 7) is 0. The average molecular weight is 339 g/mol. The van der Waals surface area contributed by atoms with Gasteiger partial charge in [-0.25, -0.2) is 0 Å². The standard InChI is InChI=1S/C19H21N3OS/c1-22-18(16-10-12-17(23-2)13-11-16)20-21-19(22)24-14-6-9-15-7-4-3-5-8-15/h3-5,7-8,10-13H,6,9,14H2,1-2H3. The van der Waals surface area contributed by atoms with E-state index in [1.165, 1.54) is 5.56 Å². The molecule has 1 aromatic heterocycles. The molecule has 0 N–H and O–H groups in total. The van der Waals surface area contributed by atoms with E-state index < -0.39 is 0 Å². The molecule has 0 aliphatic carbocycles. The number of rotatable bonds is 7. The van der Waals surface area contributed by atoms with Gasteiger partial charge in [-0.1, -0.05) is 42.1 Å². The van der Waals surface area contributed by atoms with Crippen molar-refractivity contribution in [2.24, 2.45) is 7.05 Å². The van der Waals surface area contributed by atoms with Crippen LogP contribution >= 0.6 is 11.8 Å². The summed E-state index contributed by atoms with van der Waals surface area (Å²) in [6.07, 6.45) is 2.22. The number of thioether (sulfide) groups is 1. The highest BCUT2D eigenvalue weighted by Gasteiger charge is 2.11. The van der Waals surface area contributed by atoms with Crippen LogP contribution in [-0.4, -0.2) is 27.6 Å². The van der Waals surface area contributed by atoms with Crippen LogP contribution in [0.2, 0.25) is 0 Å². The van der Waals surface area contributed by atoms with Crippen LogP contribution in [0.4, 0.5) is 0 Å². The highest BCUT2D eigenvalue weighted by Crippen LogP contribution is 2.24. The quantitative estimate of drug-likeness (QED) is 0.477. The van der Waals surface area contributed by atoms with Gasteiger partial charge in [0.15, 0.2) is 11.0 Å². The maximum atomic E-state index is 5.20. The lowest BCUT2D eigenvalue weighted by molar-refractivity contribution is 0.415. The van der Waals surface area contributed by atoms with Gasteiger partial charge in [0.1, 0.15) is 5.75 Å². The molecule has 0 saturated heterocycles. The van der Waals surface area contributed by atoms with Gasteiger partial charge in [0, 0.05) is 18.4 Å². The minimum absolute atomic E-state index is 0.844. The first-order valence-corrected chi connectivity index (χ1v) is 8.97. The van der Waals surface area contributed by atoms with E-state index in [9.17, 15) is 0 Å². The van der Waals surface area contributed by atoms with E-state index in [4.69, 9.17) is 4.74 Å². The second kappa shape index (κ2) is 8.02. The van der Waals surface area contributed by atoms with Gasteiger partial charge >= 0.3 is 0 Å². The Morgan fingerprint density at radius 3 is 2.46 bits per heavy atom. The molecule has 24 heavy (non-hydrogen) atoms. The van der Waals surface area contributed by atoms with E-state index in [1.807, 2.05) is 31.3 Å². The summed E-state index contributed by atoms with van der Waals surface area (Å²) in [6, 6.07) is 18.5. The van der Waals surface area contributed by atoms with E-state index in [2.05, 4.69) is 45.1 Å². The molecule has 0 aliphatic heterocycles. The molecular weight excluding hydrogens is 318 g/mol. The van der Waals surface area contributed by atoms with Crippen LogP contribution in [0.5, 0.6) is 5.75 Å². The van der Waals surface area contributed by atoms with Crippen molar-refractivity contribution in [3.63, 3.8) is 0 Å². The van der Waals surface area contributed by atoms with Crippen molar-refractivity contribution >= 4 is 11.8 Å². The van der Waals surface area contributed by atoms with E-state index in [1.54, 1.807) is 18.9 Å². The Morgan fingerprint density at radius 1 is 1.00 bits per heavy atom. The van der Waals surface area contributed by atoms with Crippen LogP contribution in [-0.2, 0) is 13.5 Å². The lowest BCUT2D eigenvalue weighted by atomic mass is 10.1. The first kappa shape index (κ1) is 16.6. The number of methoxy groups -OCH3 is 1. The van der Waals surface area contributed by atoms with Crippen LogP contribution in [0.25, 0.3) is 11.4 Å². The van der Waals surface area contributed by atoms with Gasteiger partial charge in [0.2, 0.25) is 0 Å². The van der Waals surface area contributed by atoms with E-state index in [-0.39, 0.29) is 0 Å². The maximum absolute atomic E-state index is 5.20. The molecule has 0 spiro atoms. The Hall–Kier alpha value is -2.27. The Kier molecular flexibility index (Phi) is 5.54. The summed E-state index contributed by atoms with van der Waals surface area (Å²) >= 11 is 1.75. The van der Waals surface area contributed by atoms with E-state index in [0.29, 0.717) is 0 Å². The van der Waals surface area contributed by atoms with E-state index >= 15 is 0 Å². The lowest BCUT2D eigenvalue weighted by Gasteiger charge is -2.05. The summed E-state index contributed by atoms with van der Waals surface area (Å²) in [5, 5.41) is 9.61. The molecule has 0 bridgehead atoms. The molecule has 0 radical (unpaired) electrons. The fourth-order valence-electron chi connectivity index (χ4n) is 2.52. The third-order valence-corrected chi connectivity index (χ3v) is 4.97. The van der Waals surface area contributed by atoms with Gasteiger partial charge < -0.3 is 9.30 Å². The van der Waals surface area contributed by atoms with Gasteiger partial charge in [-0.2, -0.15) is 0 Å². The van der Waals surface area contributed by atoms with Gasteiger partial charge in [0.25, 0.3) is 0 Å². The zero-order chi connectivity index (χ0) is 16.8. The Labute approximate surface area is 146 Å². The zero-order valence-electron chi connectivity index (χ0n) is 14.0. The number of nitrogens with zero attached hydrogens (tertiary/aromatic N) is 3. The molecule has 0 atom stereocenters. The lowest BCUT2D eigenvalue weighted by Crippen LogP contribution is -1.96. The van der Waals surface area contributed by atoms with Crippen LogP contribution in [0.1, 0.15) is 12.0 Å². The maximum Gasteiger partial charge on any atom is 0.191 e. The number of ether oxygens (including phenoxy) is 1. The highest BCUT2D eigenvalue weighted by atomic mass is 32.2. The summed E-state index contributed by atoms with van der Waals surface area (Å²) in [5.74, 6) is 2.75. The molecule has 0 amide bonds. The van der Waals surface area contributed by atoms with Gasteiger partial charge in [-0.05, 0) is 42.7 Å². The monoisotopic (exact) mass is 339 g/mol. The van der Waals surface area contributed by atoms with Crippen LogP contribution in [0.15, 0.2) is 59.8 Å². The second-order valence-electron chi connectivity index (χ2n) is 5.53. The molecule has 1 heterocycles.